The number of nitrogens with two attached hydrogens (primary N) is 1. The van der Waals surface area contributed by atoms with Crippen molar-refractivity contribution in [2.75, 3.05) is 7.05 Å². The average Bonchev–Trinajstić information content (AvgIpc) is 2.63. The fourth-order valence-corrected chi connectivity index (χ4v) is 4.07. The second kappa shape index (κ2) is 7.78. The van der Waals surface area contributed by atoms with Gasteiger partial charge in [-0.25, -0.2) is 17.9 Å². The Morgan fingerprint density at radius 2 is 1.74 bits per heavy atom. The first-order chi connectivity index (χ1) is 12.8. The molecule has 0 bridgehead atoms. The number of primary sulfonamides is 1. The van der Waals surface area contributed by atoms with Crippen LogP contribution in [0.4, 0.5) is 4.39 Å². The van der Waals surface area contributed by atoms with Gasteiger partial charge in [-0.1, -0.05) is 54.1 Å². The van der Waals surface area contributed by atoms with Gasteiger partial charge in [0.1, 0.15) is 5.82 Å². The monoisotopic (exact) mass is 404 g/mol. The van der Waals surface area contributed by atoms with E-state index in [1.54, 1.807) is 7.05 Å². The fourth-order valence-electron chi connectivity index (χ4n) is 3.01. The first-order valence-corrected chi connectivity index (χ1v) is 10.1. The highest BCUT2D eigenvalue weighted by Gasteiger charge is 2.22. The van der Waals surface area contributed by atoms with Crippen molar-refractivity contribution in [1.82, 2.24) is 5.32 Å². The van der Waals surface area contributed by atoms with Crippen molar-refractivity contribution >= 4 is 21.6 Å². The summed E-state index contributed by atoms with van der Waals surface area (Å²) in [4.78, 5) is -0.176. The Morgan fingerprint density at radius 1 is 1.04 bits per heavy atom. The quantitative estimate of drug-likeness (QED) is 0.670. The molecule has 0 saturated carbocycles. The molecule has 27 heavy (non-hydrogen) atoms. The van der Waals surface area contributed by atoms with Gasteiger partial charge in [-0.2, -0.15) is 0 Å². The van der Waals surface area contributed by atoms with E-state index < -0.39 is 15.8 Å². The van der Waals surface area contributed by atoms with E-state index in [0.29, 0.717) is 22.7 Å². The molecule has 140 valence electrons. The Morgan fingerprint density at radius 3 is 2.37 bits per heavy atom. The molecule has 0 aliphatic heterocycles. The van der Waals surface area contributed by atoms with Gasteiger partial charge in [-0.3, -0.25) is 0 Å². The molecule has 0 aliphatic carbocycles. The van der Waals surface area contributed by atoms with Crippen molar-refractivity contribution in [3.05, 3.63) is 77.1 Å². The number of sulfonamides is 1. The molecule has 0 saturated heterocycles. The lowest BCUT2D eigenvalue weighted by Gasteiger charge is -2.18. The largest absolute Gasteiger partial charge is 0.316 e. The van der Waals surface area contributed by atoms with Gasteiger partial charge in [0.05, 0.1) is 9.92 Å². The van der Waals surface area contributed by atoms with Crippen LogP contribution < -0.4 is 10.5 Å². The molecule has 3 aromatic rings. The van der Waals surface area contributed by atoms with E-state index >= 15 is 0 Å². The molecule has 0 fully saturated rings. The van der Waals surface area contributed by atoms with Crippen molar-refractivity contribution in [1.29, 1.82) is 0 Å². The molecule has 4 nitrogen and oxygen atoms in total. The summed E-state index contributed by atoms with van der Waals surface area (Å²) in [5, 5.41) is 8.74. The average molecular weight is 405 g/mol. The van der Waals surface area contributed by atoms with Gasteiger partial charge in [-0.05, 0) is 41.9 Å². The smallest absolute Gasteiger partial charge is 0.238 e. The Hall–Kier alpha value is -2.25. The summed E-state index contributed by atoms with van der Waals surface area (Å²) in [5.74, 6) is -0.577. The van der Waals surface area contributed by atoms with Crippen LogP contribution in [0.3, 0.4) is 0 Å². The van der Waals surface area contributed by atoms with E-state index in [2.05, 4.69) is 5.32 Å². The highest BCUT2D eigenvalue weighted by Crippen LogP contribution is 2.42. The minimum atomic E-state index is -4.08. The number of hydrogen-bond acceptors (Lipinski definition) is 3. The third-order valence-electron chi connectivity index (χ3n) is 4.19. The van der Waals surface area contributed by atoms with Gasteiger partial charge >= 0.3 is 0 Å². The van der Waals surface area contributed by atoms with Crippen molar-refractivity contribution in [3.63, 3.8) is 0 Å². The van der Waals surface area contributed by atoms with Crippen molar-refractivity contribution < 1.29 is 12.8 Å². The molecule has 0 heterocycles. The molecule has 3 rings (SSSR count). The molecule has 7 heteroatoms. The summed E-state index contributed by atoms with van der Waals surface area (Å²) in [5.41, 5.74) is 2.85. The summed E-state index contributed by atoms with van der Waals surface area (Å²) in [6.07, 6.45) is 0. The molecular formula is C20H18ClFN2O2S. The van der Waals surface area contributed by atoms with Gasteiger partial charge in [0.15, 0.2) is 0 Å². The van der Waals surface area contributed by atoms with Crippen LogP contribution in [0, 0.1) is 5.82 Å². The molecule has 3 aromatic carbocycles. The van der Waals surface area contributed by atoms with Crippen LogP contribution in [0.5, 0.6) is 0 Å². The normalized spacial score (nSPS) is 11.6. The zero-order valence-corrected chi connectivity index (χ0v) is 16.1. The van der Waals surface area contributed by atoms with Crippen LogP contribution in [-0.2, 0) is 16.6 Å². The van der Waals surface area contributed by atoms with Crippen molar-refractivity contribution in [3.8, 4) is 22.3 Å². The van der Waals surface area contributed by atoms with Crippen LogP contribution in [0.25, 0.3) is 22.3 Å². The van der Waals surface area contributed by atoms with Gasteiger partial charge in [0.25, 0.3) is 0 Å². The Labute approximate surface area is 162 Å². The Bertz CT molecular complexity index is 1090. The van der Waals surface area contributed by atoms with E-state index in [0.717, 1.165) is 29.3 Å². The van der Waals surface area contributed by atoms with Gasteiger partial charge in [-0.15, -0.1) is 0 Å². The molecule has 0 unspecified atom stereocenters. The van der Waals surface area contributed by atoms with Gasteiger partial charge < -0.3 is 5.32 Å². The maximum atomic E-state index is 14.0. The molecular weight excluding hydrogens is 387 g/mol. The zero-order chi connectivity index (χ0) is 19.6. The van der Waals surface area contributed by atoms with Crippen LogP contribution in [0.2, 0.25) is 5.02 Å². The minimum absolute atomic E-state index is 0.138. The van der Waals surface area contributed by atoms with Crippen molar-refractivity contribution in [2.24, 2.45) is 5.14 Å². The molecule has 0 atom stereocenters. The maximum Gasteiger partial charge on any atom is 0.238 e. The fraction of sp³-hybridized carbons (Fsp3) is 0.100. The molecule has 0 aromatic heterocycles. The van der Waals surface area contributed by atoms with Crippen LogP contribution in [0.1, 0.15) is 5.56 Å². The number of rotatable bonds is 5. The summed E-state index contributed by atoms with van der Waals surface area (Å²) in [7, 11) is -2.30. The second-order valence-corrected chi connectivity index (χ2v) is 7.95. The predicted octanol–water partition coefficient (Wildman–Crippen LogP) is 4.18. The number of benzene rings is 3. The van der Waals surface area contributed by atoms with E-state index in [4.69, 9.17) is 16.7 Å². The molecule has 0 amide bonds. The number of halogens is 2. The van der Waals surface area contributed by atoms with Gasteiger partial charge in [0.2, 0.25) is 10.0 Å². The number of hydrogen-bond donors (Lipinski definition) is 2. The van der Waals surface area contributed by atoms with E-state index in [1.807, 2.05) is 42.5 Å². The van der Waals surface area contributed by atoms with Crippen LogP contribution >= 0.6 is 11.6 Å². The minimum Gasteiger partial charge on any atom is -0.316 e. The van der Waals surface area contributed by atoms with Crippen LogP contribution in [0.15, 0.2) is 65.6 Å². The summed E-state index contributed by atoms with van der Waals surface area (Å²) in [6.45, 7) is 0.473. The maximum absolute atomic E-state index is 14.0. The molecule has 0 spiro atoms. The lowest BCUT2D eigenvalue weighted by molar-refractivity contribution is 0.597. The topological polar surface area (TPSA) is 72.2 Å². The van der Waals surface area contributed by atoms with Crippen LogP contribution in [-0.4, -0.2) is 15.5 Å². The lowest BCUT2D eigenvalue weighted by atomic mass is 9.92. The highest BCUT2D eigenvalue weighted by atomic mass is 35.5. The summed E-state index contributed by atoms with van der Waals surface area (Å²) >= 11 is 6.65. The molecule has 3 N–H and O–H groups in total. The standard InChI is InChI=1S/C20H18ClFN2O2S/c1-24-12-14-7-9-16(13-5-3-2-4-6-13)19(20(14)21)17-11-15(22)8-10-18(17)27(23,25)26/h2-11,24H,12H2,1H3,(H2,23,25,26). The van der Waals surface area contributed by atoms with E-state index in [1.165, 1.54) is 0 Å². The first-order valence-electron chi connectivity index (χ1n) is 8.17. The summed E-state index contributed by atoms with van der Waals surface area (Å²) in [6, 6.07) is 16.4. The second-order valence-electron chi connectivity index (χ2n) is 6.04. The molecule has 0 aliphatic rings. The Balaban J connectivity index is 2.41. The van der Waals surface area contributed by atoms with E-state index in [-0.39, 0.29) is 10.5 Å². The lowest BCUT2D eigenvalue weighted by Crippen LogP contribution is -2.14. The third-order valence-corrected chi connectivity index (χ3v) is 5.59. The summed E-state index contributed by atoms with van der Waals surface area (Å²) < 4.78 is 38.3. The zero-order valence-electron chi connectivity index (χ0n) is 14.5. The first kappa shape index (κ1) is 19.5. The molecule has 0 radical (unpaired) electrons. The Kier molecular flexibility index (Phi) is 5.62. The van der Waals surface area contributed by atoms with Gasteiger partial charge in [0, 0.05) is 17.7 Å². The van der Waals surface area contributed by atoms with E-state index in [9.17, 15) is 12.8 Å². The highest BCUT2D eigenvalue weighted by molar-refractivity contribution is 7.89. The predicted molar refractivity (Wildman–Crippen MR) is 106 cm³/mol. The third kappa shape index (κ3) is 4.04. The number of nitrogens with one attached hydrogen (secondary N) is 1. The SMILES string of the molecule is CNCc1ccc(-c2ccccc2)c(-c2cc(F)ccc2S(N)(=O)=O)c1Cl. The van der Waals surface area contributed by atoms with Crippen molar-refractivity contribution in [2.45, 2.75) is 11.4 Å².